The lowest BCUT2D eigenvalue weighted by Crippen LogP contribution is -2.24. The van der Waals surface area contributed by atoms with Crippen LogP contribution in [0.1, 0.15) is 18.2 Å². The largest absolute Gasteiger partial charge is 0.378 e. The van der Waals surface area contributed by atoms with Crippen molar-refractivity contribution in [3.8, 4) is 11.5 Å². The van der Waals surface area contributed by atoms with Gasteiger partial charge in [0.15, 0.2) is 5.82 Å². The molecule has 3 aromatic rings. The monoisotopic (exact) mass is 348 g/mol. The summed E-state index contributed by atoms with van der Waals surface area (Å²) in [5.41, 5.74) is 2.88. The minimum Gasteiger partial charge on any atom is -0.378 e. The molecule has 0 radical (unpaired) electrons. The second kappa shape index (κ2) is 6.63. The highest BCUT2D eigenvalue weighted by molar-refractivity contribution is 5.96. The summed E-state index contributed by atoms with van der Waals surface area (Å²) < 4.78 is 5.44. The van der Waals surface area contributed by atoms with Crippen molar-refractivity contribution < 1.29 is 9.32 Å². The van der Waals surface area contributed by atoms with E-state index in [1.54, 1.807) is 4.90 Å². The van der Waals surface area contributed by atoms with E-state index in [4.69, 9.17) is 4.52 Å². The zero-order valence-corrected chi connectivity index (χ0v) is 14.8. The molecule has 6 heteroatoms. The summed E-state index contributed by atoms with van der Waals surface area (Å²) in [4.78, 5) is 20.7. The molecule has 4 rings (SSSR count). The lowest BCUT2D eigenvalue weighted by atomic mass is 10.1. The van der Waals surface area contributed by atoms with E-state index in [9.17, 15) is 4.79 Å². The van der Waals surface area contributed by atoms with Crippen LogP contribution in [0.4, 0.5) is 11.4 Å². The highest BCUT2D eigenvalue weighted by Crippen LogP contribution is 2.31. The first-order valence-corrected chi connectivity index (χ1v) is 8.58. The number of hydrogen-bond acceptors (Lipinski definition) is 5. The Balaban J connectivity index is 1.52. The topological polar surface area (TPSA) is 62.5 Å². The van der Waals surface area contributed by atoms with Crippen LogP contribution in [0.2, 0.25) is 0 Å². The summed E-state index contributed by atoms with van der Waals surface area (Å²) in [6.07, 6.45) is 0.396. The molecule has 26 heavy (non-hydrogen) atoms. The third-order valence-electron chi connectivity index (χ3n) is 4.63. The molecule has 0 unspecified atom stereocenters. The maximum Gasteiger partial charge on any atom is 0.257 e. The molecule has 1 amide bonds. The van der Waals surface area contributed by atoms with Crippen LogP contribution in [-0.2, 0) is 4.79 Å². The summed E-state index contributed by atoms with van der Waals surface area (Å²) >= 11 is 0. The molecule has 2 aromatic carbocycles. The number of aromatic nitrogens is 2. The highest BCUT2D eigenvalue weighted by atomic mass is 16.5. The Kier molecular flexibility index (Phi) is 4.16. The first-order chi connectivity index (χ1) is 12.6. The first-order valence-electron chi connectivity index (χ1n) is 8.58. The molecule has 1 aliphatic heterocycles. The number of anilines is 2. The number of carbonyl (C=O) groups is 1. The predicted octanol–water partition coefficient (Wildman–Crippen LogP) is 3.32. The van der Waals surface area contributed by atoms with Gasteiger partial charge in [0.25, 0.3) is 5.89 Å². The van der Waals surface area contributed by atoms with Crippen molar-refractivity contribution in [2.45, 2.75) is 12.3 Å². The van der Waals surface area contributed by atoms with Gasteiger partial charge in [0.2, 0.25) is 5.91 Å². The van der Waals surface area contributed by atoms with Gasteiger partial charge in [-0.15, -0.1) is 0 Å². The van der Waals surface area contributed by atoms with Gasteiger partial charge in [-0.05, 0) is 36.4 Å². The SMILES string of the molecule is CN(C)c1ccc(-c2nc([C@H]3CC(=O)N(c4ccccc4)C3)no2)cc1. The molecule has 0 N–H and O–H groups in total. The lowest BCUT2D eigenvalue weighted by molar-refractivity contribution is -0.117. The highest BCUT2D eigenvalue weighted by Gasteiger charge is 2.34. The zero-order valence-electron chi connectivity index (χ0n) is 14.8. The first kappa shape index (κ1) is 16.3. The maximum absolute atomic E-state index is 12.4. The summed E-state index contributed by atoms with van der Waals surface area (Å²) in [5.74, 6) is 1.10. The second-order valence-corrected chi connectivity index (χ2v) is 6.64. The molecule has 1 aromatic heterocycles. The van der Waals surface area contributed by atoms with Crippen molar-refractivity contribution >= 4 is 17.3 Å². The number of hydrogen-bond donors (Lipinski definition) is 0. The molecule has 6 nitrogen and oxygen atoms in total. The summed E-state index contributed by atoms with van der Waals surface area (Å²) in [6.45, 7) is 0.571. The van der Waals surface area contributed by atoms with E-state index in [0.717, 1.165) is 16.9 Å². The van der Waals surface area contributed by atoms with E-state index >= 15 is 0 Å². The zero-order chi connectivity index (χ0) is 18.1. The number of para-hydroxylation sites is 1. The molecule has 0 spiro atoms. The fraction of sp³-hybridized carbons (Fsp3) is 0.250. The van der Waals surface area contributed by atoms with E-state index in [-0.39, 0.29) is 11.8 Å². The van der Waals surface area contributed by atoms with Crippen molar-refractivity contribution in [1.29, 1.82) is 0 Å². The molecular weight excluding hydrogens is 328 g/mol. The number of amides is 1. The van der Waals surface area contributed by atoms with E-state index in [0.29, 0.717) is 24.7 Å². The normalized spacial score (nSPS) is 16.9. The van der Waals surface area contributed by atoms with Gasteiger partial charge in [0, 0.05) is 49.9 Å². The Morgan fingerprint density at radius 3 is 2.50 bits per heavy atom. The number of benzene rings is 2. The molecule has 1 fully saturated rings. The molecule has 0 saturated carbocycles. The van der Waals surface area contributed by atoms with Crippen molar-refractivity contribution in [2.24, 2.45) is 0 Å². The van der Waals surface area contributed by atoms with Crippen molar-refractivity contribution in [3.05, 3.63) is 60.4 Å². The second-order valence-electron chi connectivity index (χ2n) is 6.64. The Bertz CT molecular complexity index is 903. The molecule has 0 bridgehead atoms. The van der Waals surface area contributed by atoms with Gasteiger partial charge >= 0.3 is 0 Å². The predicted molar refractivity (Wildman–Crippen MR) is 100 cm³/mol. The van der Waals surface area contributed by atoms with Crippen LogP contribution in [0.15, 0.2) is 59.1 Å². The minimum atomic E-state index is -0.0544. The van der Waals surface area contributed by atoms with Crippen molar-refractivity contribution in [2.75, 3.05) is 30.4 Å². The van der Waals surface area contributed by atoms with Gasteiger partial charge in [-0.2, -0.15) is 4.98 Å². The Hall–Kier alpha value is -3.15. The average molecular weight is 348 g/mol. The maximum atomic E-state index is 12.4. The molecule has 1 atom stereocenters. The average Bonchev–Trinajstić information content (AvgIpc) is 3.29. The molecular formula is C20H20N4O2. The van der Waals surface area contributed by atoms with E-state index in [1.807, 2.05) is 73.6 Å². The van der Waals surface area contributed by atoms with Crippen molar-refractivity contribution in [3.63, 3.8) is 0 Å². The Morgan fingerprint density at radius 1 is 1.08 bits per heavy atom. The molecule has 1 aliphatic rings. The quantitative estimate of drug-likeness (QED) is 0.724. The lowest BCUT2D eigenvalue weighted by Gasteiger charge is -2.15. The van der Waals surface area contributed by atoms with Crippen LogP contribution in [0, 0.1) is 0 Å². The number of nitrogens with zero attached hydrogens (tertiary/aromatic N) is 4. The van der Waals surface area contributed by atoms with E-state index < -0.39 is 0 Å². The minimum absolute atomic E-state index is 0.0544. The van der Waals surface area contributed by atoms with Gasteiger partial charge in [-0.3, -0.25) is 4.79 Å². The molecule has 0 aliphatic carbocycles. The van der Waals surface area contributed by atoms with Gasteiger partial charge < -0.3 is 14.3 Å². The molecule has 2 heterocycles. The van der Waals surface area contributed by atoms with Crippen LogP contribution in [-0.4, -0.2) is 36.7 Å². The van der Waals surface area contributed by atoms with Crippen LogP contribution in [0.5, 0.6) is 0 Å². The van der Waals surface area contributed by atoms with Crippen LogP contribution < -0.4 is 9.80 Å². The van der Waals surface area contributed by atoms with Gasteiger partial charge in [-0.1, -0.05) is 23.4 Å². The third kappa shape index (κ3) is 3.06. The summed E-state index contributed by atoms with van der Waals surface area (Å²) in [7, 11) is 3.99. The summed E-state index contributed by atoms with van der Waals surface area (Å²) in [5, 5.41) is 4.12. The van der Waals surface area contributed by atoms with Crippen LogP contribution in [0.25, 0.3) is 11.5 Å². The smallest absolute Gasteiger partial charge is 0.257 e. The van der Waals surface area contributed by atoms with Gasteiger partial charge in [0.1, 0.15) is 0 Å². The summed E-state index contributed by atoms with van der Waals surface area (Å²) in [6, 6.07) is 17.6. The van der Waals surface area contributed by atoms with Gasteiger partial charge in [-0.25, -0.2) is 0 Å². The fourth-order valence-electron chi connectivity index (χ4n) is 3.16. The van der Waals surface area contributed by atoms with Crippen molar-refractivity contribution in [1.82, 2.24) is 10.1 Å². The standard InChI is InChI=1S/C20H20N4O2/c1-23(2)16-10-8-14(9-11-16)20-21-19(22-26-20)15-12-18(25)24(13-15)17-6-4-3-5-7-17/h3-11,15H,12-13H2,1-2H3/t15-/m0/s1. The third-order valence-corrected chi connectivity index (χ3v) is 4.63. The Labute approximate surface area is 152 Å². The molecule has 1 saturated heterocycles. The van der Waals surface area contributed by atoms with Crippen LogP contribution in [0.3, 0.4) is 0 Å². The number of rotatable bonds is 4. The van der Waals surface area contributed by atoms with Crippen LogP contribution >= 0.6 is 0 Å². The van der Waals surface area contributed by atoms with E-state index in [2.05, 4.69) is 10.1 Å². The Morgan fingerprint density at radius 2 is 1.81 bits per heavy atom. The van der Waals surface area contributed by atoms with E-state index in [1.165, 1.54) is 0 Å². The molecule has 132 valence electrons. The number of carbonyl (C=O) groups excluding carboxylic acids is 1. The van der Waals surface area contributed by atoms with Gasteiger partial charge in [0.05, 0.1) is 0 Å². The fourth-order valence-corrected chi connectivity index (χ4v) is 3.16.